The molecule has 0 unspecified atom stereocenters. The predicted molar refractivity (Wildman–Crippen MR) is 56.6 cm³/mol. The highest BCUT2D eigenvalue weighted by molar-refractivity contribution is 5.59. The van der Waals surface area contributed by atoms with Crippen LogP contribution in [-0.2, 0) is 6.54 Å². The average Bonchev–Trinajstić information content (AvgIpc) is 2.66. The fourth-order valence-corrected chi connectivity index (χ4v) is 1.47. The average molecular weight is 205 g/mol. The van der Waals surface area contributed by atoms with Crippen LogP contribution in [0.15, 0.2) is 24.4 Å². The summed E-state index contributed by atoms with van der Waals surface area (Å²) in [7, 11) is 0. The summed E-state index contributed by atoms with van der Waals surface area (Å²) in [5.41, 5.74) is 7.73. The number of hydrogen-bond donors (Lipinski definition) is 2. The first kappa shape index (κ1) is 9.86. The third kappa shape index (κ3) is 1.89. The number of nitrogens with one attached hydrogen (secondary N) is 1. The van der Waals surface area contributed by atoms with E-state index in [-0.39, 0.29) is 12.4 Å². The Kier molecular flexibility index (Phi) is 2.51. The van der Waals surface area contributed by atoms with Crippen LogP contribution in [0.4, 0.5) is 4.39 Å². The summed E-state index contributed by atoms with van der Waals surface area (Å²) in [6.45, 7) is 2.07. The fourth-order valence-electron chi connectivity index (χ4n) is 1.47. The number of aromatic amines is 1. The summed E-state index contributed by atoms with van der Waals surface area (Å²) in [4.78, 5) is 7.18. The molecule has 2 aromatic rings. The van der Waals surface area contributed by atoms with Crippen LogP contribution in [0, 0.1) is 12.7 Å². The molecule has 1 aromatic carbocycles. The van der Waals surface area contributed by atoms with Gasteiger partial charge in [0.1, 0.15) is 11.6 Å². The molecule has 0 aliphatic carbocycles. The molecule has 0 aliphatic rings. The largest absolute Gasteiger partial charge is 0.342 e. The lowest BCUT2D eigenvalue weighted by Crippen LogP contribution is -1.99. The summed E-state index contributed by atoms with van der Waals surface area (Å²) in [6.07, 6.45) is 1.73. The lowest BCUT2D eigenvalue weighted by Gasteiger charge is -2.02. The van der Waals surface area contributed by atoms with Crippen molar-refractivity contribution in [2.24, 2.45) is 5.73 Å². The first-order valence-corrected chi connectivity index (χ1v) is 4.71. The monoisotopic (exact) mass is 205 g/mol. The smallest absolute Gasteiger partial charge is 0.127 e. The van der Waals surface area contributed by atoms with Crippen molar-refractivity contribution in [2.45, 2.75) is 13.5 Å². The van der Waals surface area contributed by atoms with Gasteiger partial charge in [-0.1, -0.05) is 0 Å². The molecule has 0 bridgehead atoms. The number of H-pyrrole nitrogens is 1. The van der Waals surface area contributed by atoms with Gasteiger partial charge in [-0.25, -0.2) is 9.37 Å². The summed E-state index contributed by atoms with van der Waals surface area (Å²) in [5, 5.41) is 0. The number of hydrogen-bond acceptors (Lipinski definition) is 2. The second-order valence-corrected chi connectivity index (χ2v) is 3.39. The second kappa shape index (κ2) is 3.82. The SMILES string of the molecule is Cc1ncc(-c2ccc(F)c(CN)c2)[nH]1. The Balaban J connectivity index is 2.45. The summed E-state index contributed by atoms with van der Waals surface area (Å²) >= 11 is 0. The van der Waals surface area contributed by atoms with Crippen LogP contribution in [0.25, 0.3) is 11.3 Å². The van der Waals surface area contributed by atoms with Gasteiger partial charge in [0.25, 0.3) is 0 Å². The fraction of sp³-hybridized carbons (Fsp3) is 0.182. The van der Waals surface area contributed by atoms with E-state index in [1.54, 1.807) is 18.3 Å². The van der Waals surface area contributed by atoms with E-state index in [1.807, 2.05) is 6.92 Å². The molecule has 1 aromatic heterocycles. The van der Waals surface area contributed by atoms with Gasteiger partial charge < -0.3 is 10.7 Å². The van der Waals surface area contributed by atoms with Crippen molar-refractivity contribution >= 4 is 0 Å². The maximum atomic E-state index is 13.2. The van der Waals surface area contributed by atoms with Gasteiger partial charge in [0.2, 0.25) is 0 Å². The van der Waals surface area contributed by atoms with Crippen LogP contribution in [0.1, 0.15) is 11.4 Å². The van der Waals surface area contributed by atoms with Crippen LogP contribution in [0.3, 0.4) is 0 Å². The predicted octanol–water partition coefficient (Wildman–Crippen LogP) is 1.98. The van der Waals surface area contributed by atoms with E-state index in [0.29, 0.717) is 5.56 Å². The molecule has 0 amide bonds. The zero-order chi connectivity index (χ0) is 10.8. The number of nitrogens with zero attached hydrogens (tertiary/aromatic N) is 1. The van der Waals surface area contributed by atoms with Crippen LogP contribution in [-0.4, -0.2) is 9.97 Å². The van der Waals surface area contributed by atoms with Crippen LogP contribution >= 0.6 is 0 Å². The third-order valence-corrected chi connectivity index (χ3v) is 2.28. The van der Waals surface area contributed by atoms with Gasteiger partial charge in [0.15, 0.2) is 0 Å². The summed E-state index contributed by atoms with van der Waals surface area (Å²) < 4.78 is 13.2. The normalized spacial score (nSPS) is 10.6. The van der Waals surface area contributed by atoms with Crippen molar-refractivity contribution in [3.63, 3.8) is 0 Å². The zero-order valence-corrected chi connectivity index (χ0v) is 8.42. The van der Waals surface area contributed by atoms with Gasteiger partial charge in [-0.2, -0.15) is 0 Å². The van der Waals surface area contributed by atoms with Crippen molar-refractivity contribution in [3.8, 4) is 11.3 Å². The van der Waals surface area contributed by atoms with Crippen molar-refractivity contribution in [1.82, 2.24) is 9.97 Å². The lowest BCUT2D eigenvalue weighted by molar-refractivity contribution is 0.611. The maximum absolute atomic E-state index is 13.2. The minimum absolute atomic E-state index is 0.201. The van der Waals surface area contributed by atoms with Crippen LogP contribution in [0.5, 0.6) is 0 Å². The van der Waals surface area contributed by atoms with E-state index in [4.69, 9.17) is 5.73 Å². The topological polar surface area (TPSA) is 54.7 Å². The highest BCUT2D eigenvalue weighted by atomic mass is 19.1. The maximum Gasteiger partial charge on any atom is 0.127 e. The van der Waals surface area contributed by atoms with Gasteiger partial charge in [0.05, 0.1) is 11.9 Å². The second-order valence-electron chi connectivity index (χ2n) is 3.39. The number of halogens is 1. The number of aryl methyl sites for hydroxylation is 1. The Morgan fingerprint density at radius 2 is 2.27 bits per heavy atom. The van der Waals surface area contributed by atoms with Gasteiger partial charge in [-0.3, -0.25) is 0 Å². The zero-order valence-electron chi connectivity index (χ0n) is 8.42. The molecule has 0 radical (unpaired) electrons. The van der Waals surface area contributed by atoms with Gasteiger partial charge in [-0.05, 0) is 25.1 Å². The first-order chi connectivity index (χ1) is 7.20. The minimum atomic E-state index is -0.266. The molecule has 0 aliphatic heterocycles. The standard InChI is InChI=1S/C11H12FN3/c1-7-14-6-11(15-7)8-2-3-10(12)9(4-8)5-13/h2-4,6H,5,13H2,1H3,(H,14,15). The molecule has 0 spiro atoms. The van der Waals surface area contributed by atoms with E-state index in [0.717, 1.165) is 17.1 Å². The number of benzene rings is 1. The van der Waals surface area contributed by atoms with E-state index in [2.05, 4.69) is 9.97 Å². The number of rotatable bonds is 2. The molecule has 1 heterocycles. The van der Waals surface area contributed by atoms with Crippen molar-refractivity contribution in [2.75, 3.05) is 0 Å². The Morgan fingerprint density at radius 3 is 2.87 bits per heavy atom. The van der Waals surface area contributed by atoms with Crippen LogP contribution in [0.2, 0.25) is 0 Å². The molecule has 3 nitrogen and oxygen atoms in total. The quantitative estimate of drug-likeness (QED) is 0.787. The Bertz CT molecular complexity index is 476. The molecular formula is C11H12FN3. The van der Waals surface area contributed by atoms with Crippen molar-refractivity contribution in [1.29, 1.82) is 0 Å². The molecule has 0 saturated carbocycles. The molecule has 0 saturated heterocycles. The number of nitrogens with two attached hydrogens (primary N) is 1. The molecule has 2 rings (SSSR count). The molecule has 0 fully saturated rings. The number of aromatic nitrogens is 2. The molecule has 3 N–H and O–H groups in total. The minimum Gasteiger partial charge on any atom is -0.342 e. The van der Waals surface area contributed by atoms with Gasteiger partial charge in [-0.15, -0.1) is 0 Å². The number of imidazole rings is 1. The molecule has 4 heteroatoms. The van der Waals surface area contributed by atoms with E-state index < -0.39 is 0 Å². The van der Waals surface area contributed by atoms with E-state index >= 15 is 0 Å². The Labute approximate surface area is 87.2 Å². The lowest BCUT2D eigenvalue weighted by atomic mass is 10.1. The third-order valence-electron chi connectivity index (χ3n) is 2.28. The Morgan fingerprint density at radius 1 is 1.47 bits per heavy atom. The Hall–Kier alpha value is -1.68. The first-order valence-electron chi connectivity index (χ1n) is 4.71. The highest BCUT2D eigenvalue weighted by Gasteiger charge is 2.05. The van der Waals surface area contributed by atoms with Gasteiger partial charge >= 0.3 is 0 Å². The highest BCUT2D eigenvalue weighted by Crippen LogP contribution is 2.20. The summed E-state index contributed by atoms with van der Waals surface area (Å²) in [5.74, 6) is 0.570. The molecule has 15 heavy (non-hydrogen) atoms. The van der Waals surface area contributed by atoms with Crippen LogP contribution < -0.4 is 5.73 Å². The molecular weight excluding hydrogens is 193 g/mol. The summed E-state index contributed by atoms with van der Waals surface area (Å²) in [6, 6.07) is 4.87. The molecule has 78 valence electrons. The van der Waals surface area contributed by atoms with E-state index in [1.165, 1.54) is 6.07 Å². The van der Waals surface area contributed by atoms with Crippen molar-refractivity contribution < 1.29 is 4.39 Å². The van der Waals surface area contributed by atoms with Gasteiger partial charge in [0, 0.05) is 17.7 Å². The van der Waals surface area contributed by atoms with Crippen molar-refractivity contribution in [3.05, 3.63) is 41.6 Å². The van der Waals surface area contributed by atoms with E-state index in [9.17, 15) is 4.39 Å². The molecule has 0 atom stereocenters.